The molecule has 2 N–H and O–H groups in total. The van der Waals surface area contributed by atoms with Crippen LogP contribution in [0.5, 0.6) is 0 Å². The number of thiophene rings is 1. The summed E-state index contributed by atoms with van der Waals surface area (Å²) in [7, 11) is 1.59. The highest BCUT2D eigenvalue weighted by molar-refractivity contribution is 7.25. The van der Waals surface area contributed by atoms with Crippen LogP contribution in [-0.2, 0) is 15.1 Å². The van der Waals surface area contributed by atoms with E-state index in [0.717, 1.165) is 16.5 Å². The molecule has 1 aliphatic heterocycles. The minimum Gasteiger partial charge on any atom is -0.383 e. The first-order valence-corrected chi connectivity index (χ1v) is 10.3. The Morgan fingerprint density at radius 2 is 1.97 bits per heavy atom. The van der Waals surface area contributed by atoms with Crippen LogP contribution in [0.3, 0.4) is 0 Å². The third-order valence-electron chi connectivity index (χ3n) is 5.36. The van der Waals surface area contributed by atoms with E-state index in [1.807, 2.05) is 19.9 Å². The number of carbonyl (C=O) groups excluding carboxylic acids is 1. The van der Waals surface area contributed by atoms with Crippen LogP contribution in [0, 0.1) is 17.3 Å². The van der Waals surface area contributed by atoms with Crippen LogP contribution in [0.4, 0.5) is 0 Å². The van der Waals surface area contributed by atoms with Crippen molar-refractivity contribution in [1.29, 1.82) is 5.41 Å². The highest BCUT2D eigenvalue weighted by atomic mass is 32.1. The number of guanidine groups is 1. The van der Waals surface area contributed by atoms with Gasteiger partial charge in [-0.2, -0.15) is 0 Å². The summed E-state index contributed by atoms with van der Waals surface area (Å²) in [5.41, 5.74) is 1.38. The zero-order valence-electron chi connectivity index (χ0n) is 16.8. The van der Waals surface area contributed by atoms with Crippen LogP contribution in [-0.4, -0.2) is 37.0 Å². The SMILES string of the molecule is CC#Cc1ccc2sc3ccc([C@]4(C)CC(=O)N(CCOC)C(=N)N4)cc3c2c1. The fraction of sp³-hybridized carbons (Fsp3) is 0.304. The Morgan fingerprint density at radius 3 is 2.66 bits per heavy atom. The average Bonchev–Trinajstić information content (AvgIpc) is 3.05. The van der Waals surface area contributed by atoms with E-state index in [4.69, 9.17) is 10.1 Å². The Hall–Kier alpha value is -2.88. The smallest absolute Gasteiger partial charge is 0.232 e. The van der Waals surface area contributed by atoms with E-state index in [1.54, 1.807) is 18.4 Å². The van der Waals surface area contributed by atoms with Gasteiger partial charge in [-0.1, -0.05) is 12.0 Å². The first kappa shape index (κ1) is 19.4. The molecule has 2 heterocycles. The van der Waals surface area contributed by atoms with E-state index in [1.165, 1.54) is 19.7 Å². The summed E-state index contributed by atoms with van der Waals surface area (Å²) in [6.07, 6.45) is 0.291. The maximum absolute atomic E-state index is 12.7. The summed E-state index contributed by atoms with van der Waals surface area (Å²) in [5, 5.41) is 13.9. The number of methoxy groups -OCH3 is 1. The second-order valence-electron chi connectivity index (χ2n) is 7.42. The molecule has 0 saturated carbocycles. The molecule has 6 heteroatoms. The Labute approximate surface area is 174 Å². The molecule has 1 atom stereocenters. The maximum Gasteiger partial charge on any atom is 0.232 e. The molecule has 148 valence electrons. The summed E-state index contributed by atoms with van der Waals surface area (Å²) in [4.78, 5) is 14.2. The predicted octanol–water partition coefficient (Wildman–Crippen LogP) is 4.04. The van der Waals surface area contributed by atoms with Gasteiger partial charge >= 0.3 is 0 Å². The zero-order valence-corrected chi connectivity index (χ0v) is 17.6. The molecule has 29 heavy (non-hydrogen) atoms. The van der Waals surface area contributed by atoms with Gasteiger partial charge in [0, 0.05) is 32.8 Å². The van der Waals surface area contributed by atoms with Crippen molar-refractivity contribution in [1.82, 2.24) is 10.2 Å². The molecule has 0 radical (unpaired) electrons. The van der Waals surface area contributed by atoms with Crippen LogP contribution >= 0.6 is 11.3 Å². The van der Waals surface area contributed by atoms with Gasteiger partial charge in [-0.25, -0.2) is 0 Å². The second kappa shape index (κ2) is 7.51. The lowest BCUT2D eigenvalue weighted by molar-refractivity contribution is -0.131. The highest BCUT2D eigenvalue weighted by Gasteiger charge is 2.39. The number of hydrogen-bond acceptors (Lipinski definition) is 4. The van der Waals surface area contributed by atoms with Crippen molar-refractivity contribution in [3.05, 3.63) is 47.5 Å². The van der Waals surface area contributed by atoms with Gasteiger partial charge in [-0.05, 0) is 49.7 Å². The van der Waals surface area contributed by atoms with Crippen molar-refractivity contribution in [2.75, 3.05) is 20.3 Å². The summed E-state index contributed by atoms with van der Waals surface area (Å²) in [6, 6.07) is 12.6. The normalized spacial score (nSPS) is 19.3. The molecule has 5 nitrogen and oxygen atoms in total. The Bertz CT molecular complexity index is 1170. The van der Waals surface area contributed by atoms with Crippen molar-refractivity contribution in [3.8, 4) is 11.8 Å². The van der Waals surface area contributed by atoms with Crippen molar-refractivity contribution in [2.24, 2.45) is 0 Å². The monoisotopic (exact) mass is 405 g/mol. The van der Waals surface area contributed by atoms with Gasteiger partial charge in [-0.3, -0.25) is 15.1 Å². The second-order valence-corrected chi connectivity index (χ2v) is 8.50. The fourth-order valence-corrected chi connectivity index (χ4v) is 4.90. The summed E-state index contributed by atoms with van der Waals surface area (Å²) in [5.74, 6) is 6.14. The highest BCUT2D eigenvalue weighted by Crippen LogP contribution is 2.38. The van der Waals surface area contributed by atoms with Crippen LogP contribution in [0.25, 0.3) is 20.2 Å². The zero-order chi connectivity index (χ0) is 20.6. The minimum atomic E-state index is -0.624. The summed E-state index contributed by atoms with van der Waals surface area (Å²) in [6.45, 7) is 4.61. The van der Waals surface area contributed by atoms with E-state index in [2.05, 4.69) is 47.5 Å². The topological polar surface area (TPSA) is 65.4 Å². The molecule has 2 aromatic carbocycles. The number of benzene rings is 2. The number of rotatable bonds is 4. The molecule has 4 rings (SSSR count). The number of nitrogens with one attached hydrogen (secondary N) is 2. The van der Waals surface area contributed by atoms with Crippen molar-refractivity contribution in [3.63, 3.8) is 0 Å². The molecule has 1 aliphatic rings. The van der Waals surface area contributed by atoms with Gasteiger partial charge in [0.1, 0.15) is 0 Å². The van der Waals surface area contributed by atoms with Gasteiger partial charge < -0.3 is 10.1 Å². The lowest BCUT2D eigenvalue weighted by Crippen LogP contribution is -2.60. The van der Waals surface area contributed by atoms with Gasteiger partial charge in [0.15, 0.2) is 5.96 Å². The lowest BCUT2D eigenvalue weighted by atomic mass is 9.86. The summed E-state index contributed by atoms with van der Waals surface area (Å²) >= 11 is 1.75. The molecule has 1 aromatic heterocycles. The van der Waals surface area contributed by atoms with Crippen LogP contribution in [0.2, 0.25) is 0 Å². The standard InChI is InChI=1S/C23H23N3O2S/c1-4-5-15-6-8-19-17(12-15)18-13-16(7-9-20(18)29-19)23(2)14-21(27)26(10-11-28-3)22(24)25-23/h6-9,12-13H,10-11,14H2,1-3H3,(H2,24,25)/t23-/m0/s1. The number of ether oxygens (including phenoxy) is 1. The first-order chi connectivity index (χ1) is 13.9. The van der Waals surface area contributed by atoms with E-state index in [0.29, 0.717) is 19.6 Å². The van der Waals surface area contributed by atoms with Gasteiger partial charge in [0.2, 0.25) is 5.91 Å². The number of fused-ring (bicyclic) bond motifs is 3. The molecule has 1 amide bonds. The molecule has 3 aromatic rings. The first-order valence-electron chi connectivity index (χ1n) is 9.51. The lowest BCUT2D eigenvalue weighted by Gasteiger charge is -2.41. The van der Waals surface area contributed by atoms with Crippen molar-refractivity contribution >= 4 is 43.4 Å². The maximum atomic E-state index is 12.7. The molecule has 0 bridgehead atoms. The van der Waals surface area contributed by atoms with Crippen LogP contribution in [0.15, 0.2) is 36.4 Å². The van der Waals surface area contributed by atoms with Crippen molar-refractivity contribution < 1.29 is 9.53 Å². The van der Waals surface area contributed by atoms with E-state index < -0.39 is 5.54 Å². The molecule has 0 spiro atoms. The molecular weight excluding hydrogens is 382 g/mol. The Morgan fingerprint density at radius 1 is 1.24 bits per heavy atom. The fourth-order valence-electron chi connectivity index (χ4n) is 3.83. The number of nitrogens with zero attached hydrogens (tertiary/aromatic N) is 1. The Balaban J connectivity index is 1.74. The van der Waals surface area contributed by atoms with E-state index in [-0.39, 0.29) is 11.9 Å². The van der Waals surface area contributed by atoms with Crippen LogP contribution < -0.4 is 5.32 Å². The molecule has 0 aliphatic carbocycles. The Kier molecular flexibility index (Phi) is 5.03. The van der Waals surface area contributed by atoms with E-state index in [9.17, 15) is 4.79 Å². The average molecular weight is 406 g/mol. The number of hydrogen-bond donors (Lipinski definition) is 2. The largest absolute Gasteiger partial charge is 0.383 e. The van der Waals surface area contributed by atoms with Gasteiger partial charge in [-0.15, -0.1) is 17.3 Å². The molecule has 1 saturated heterocycles. The predicted molar refractivity (Wildman–Crippen MR) is 118 cm³/mol. The summed E-state index contributed by atoms with van der Waals surface area (Å²) < 4.78 is 7.48. The minimum absolute atomic E-state index is 0.0657. The third kappa shape index (κ3) is 3.48. The quantitative estimate of drug-likeness (QED) is 0.644. The number of carbonyl (C=O) groups is 1. The third-order valence-corrected chi connectivity index (χ3v) is 6.52. The molecule has 1 fully saturated rings. The van der Waals surface area contributed by atoms with Gasteiger partial charge in [0.05, 0.1) is 25.1 Å². The van der Waals surface area contributed by atoms with Crippen LogP contribution in [0.1, 0.15) is 31.4 Å². The molecule has 0 unspecified atom stereocenters. The number of amides is 1. The van der Waals surface area contributed by atoms with Crippen molar-refractivity contribution in [2.45, 2.75) is 25.8 Å². The van der Waals surface area contributed by atoms with Gasteiger partial charge in [0.25, 0.3) is 0 Å². The molecular formula is C23H23N3O2S. The van der Waals surface area contributed by atoms with E-state index >= 15 is 0 Å².